The lowest BCUT2D eigenvalue weighted by molar-refractivity contribution is -0.126. The highest BCUT2D eigenvalue weighted by atomic mass is 35.5. The van der Waals surface area contributed by atoms with Crippen molar-refractivity contribution in [3.05, 3.63) is 35.4 Å². The first-order valence-corrected chi connectivity index (χ1v) is 10.7. The minimum absolute atomic E-state index is 0.176. The van der Waals surface area contributed by atoms with E-state index in [4.69, 9.17) is 42.3 Å². The van der Waals surface area contributed by atoms with Crippen LogP contribution in [0.15, 0.2) is 40.6 Å². The first kappa shape index (κ1) is 26.2. The SMILES string of the molecule is CCOc1cccc(N(Cl)C(=O)C(N=Nc2ccc(OC)c(Cl)c2OC)C(C)=O)c1OCC. The number of para-hydroxylation sites is 1. The van der Waals surface area contributed by atoms with E-state index in [0.717, 1.165) is 4.42 Å². The summed E-state index contributed by atoms with van der Waals surface area (Å²) >= 11 is 12.6. The lowest BCUT2D eigenvalue weighted by Gasteiger charge is -2.21. The summed E-state index contributed by atoms with van der Waals surface area (Å²) in [5, 5.41) is 8.12. The normalized spacial score (nSPS) is 11.7. The van der Waals surface area contributed by atoms with Crippen molar-refractivity contribution >= 4 is 46.4 Å². The second kappa shape index (κ2) is 12.3. The first-order valence-electron chi connectivity index (χ1n) is 10.0. The van der Waals surface area contributed by atoms with E-state index in [1.165, 1.54) is 27.2 Å². The number of carbonyl (C=O) groups excluding carboxylic acids is 2. The van der Waals surface area contributed by atoms with Crippen LogP contribution in [-0.4, -0.2) is 45.2 Å². The van der Waals surface area contributed by atoms with Gasteiger partial charge >= 0.3 is 0 Å². The van der Waals surface area contributed by atoms with Gasteiger partial charge in [-0.1, -0.05) is 17.7 Å². The summed E-state index contributed by atoms with van der Waals surface area (Å²) in [6.45, 7) is 5.51. The van der Waals surface area contributed by atoms with Gasteiger partial charge in [0.1, 0.15) is 22.1 Å². The van der Waals surface area contributed by atoms with Crippen LogP contribution in [0.4, 0.5) is 11.4 Å². The Labute approximate surface area is 202 Å². The highest BCUT2D eigenvalue weighted by Crippen LogP contribution is 2.42. The maximum atomic E-state index is 13.1. The maximum Gasteiger partial charge on any atom is 0.276 e. The molecule has 0 bridgehead atoms. The molecule has 1 atom stereocenters. The number of anilines is 1. The summed E-state index contributed by atoms with van der Waals surface area (Å²) < 4.78 is 22.4. The van der Waals surface area contributed by atoms with Crippen molar-refractivity contribution in [2.45, 2.75) is 26.8 Å². The van der Waals surface area contributed by atoms with Gasteiger partial charge in [-0.05, 0) is 45.0 Å². The maximum absolute atomic E-state index is 13.1. The van der Waals surface area contributed by atoms with Crippen molar-refractivity contribution in [2.75, 3.05) is 31.9 Å². The minimum Gasteiger partial charge on any atom is -0.495 e. The van der Waals surface area contributed by atoms with Crippen LogP contribution >= 0.6 is 23.4 Å². The Bertz CT molecular complexity index is 1030. The van der Waals surface area contributed by atoms with Crippen LogP contribution in [0.25, 0.3) is 0 Å². The molecule has 0 aromatic heterocycles. The van der Waals surface area contributed by atoms with Crippen molar-refractivity contribution in [3.8, 4) is 23.0 Å². The van der Waals surface area contributed by atoms with E-state index < -0.39 is 17.7 Å². The largest absolute Gasteiger partial charge is 0.495 e. The molecule has 11 heteroatoms. The molecule has 0 N–H and O–H groups in total. The summed E-state index contributed by atoms with van der Waals surface area (Å²) in [5.74, 6) is -0.147. The van der Waals surface area contributed by atoms with Crippen molar-refractivity contribution in [3.63, 3.8) is 0 Å². The summed E-state index contributed by atoms with van der Waals surface area (Å²) in [5.41, 5.74) is 0.415. The predicted octanol–water partition coefficient (Wildman–Crippen LogP) is 5.38. The molecule has 0 radical (unpaired) electrons. The van der Waals surface area contributed by atoms with Gasteiger partial charge in [-0.2, -0.15) is 10.2 Å². The molecule has 0 fully saturated rings. The molecule has 2 aromatic rings. The topological polar surface area (TPSA) is 99.0 Å². The van der Waals surface area contributed by atoms with Crippen LogP contribution in [0.1, 0.15) is 20.8 Å². The van der Waals surface area contributed by atoms with E-state index >= 15 is 0 Å². The average molecular weight is 498 g/mol. The number of azo groups is 1. The highest BCUT2D eigenvalue weighted by molar-refractivity contribution is 6.39. The monoisotopic (exact) mass is 497 g/mol. The summed E-state index contributed by atoms with van der Waals surface area (Å²) in [7, 11) is 2.85. The lowest BCUT2D eigenvalue weighted by atomic mass is 10.2. The Morgan fingerprint density at radius 1 is 1.00 bits per heavy atom. The van der Waals surface area contributed by atoms with Gasteiger partial charge in [0.2, 0.25) is 6.04 Å². The van der Waals surface area contributed by atoms with E-state index in [1.54, 1.807) is 31.2 Å². The molecular formula is C22H25Cl2N3O6. The number of halogens is 2. The van der Waals surface area contributed by atoms with Gasteiger partial charge in [-0.25, -0.2) is 4.42 Å². The molecule has 0 spiro atoms. The molecular weight excluding hydrogens is 473 g/mol. The van der Waals surface area contributed by atoms with Crippen molar-refractivity contribution in [2.24, 2.45) is 10.2 Å². The number of rotatable bonds is 11. The molecule has 1 amide bonds. The molecule has 2 rings (SSSR count). The number of hydrogen-bond donors (Lipinski definition) is 0. The molecule has 0 saturated heterocycles. The molecule has 2 aromatic carbocycles. The molecule has 0 aliphatic rings. The van der Waals surface area contributed by atoms with Gasteiger partial charge in [0.05, 0.1) is 27.4 Å². The number of benzene rings is 2. The van der Waals surface area contributed by atoms with E-state index in [0.29, 0.717) is 24.7 Å². The second-order valence-electron chi connectivity index (χ2n) is 6.45. The fourth-order valence-corrected chi connectivity index (χ4v) is 3.37. The van der Waals surface area contributed by atoms with Crippen LogP contribution < -0.4 is 23.4 Å². The molecule has 9 nitrogen and oxygen atoms in total. The van der Waals surface area contributed by atoms with Crippen LogP contribution in [0.2, 0.25) is 5.02 Å². The fraction of sp³-hybridized carbons (Fsp3) is 0.364. The zero-order valence-corrected chi connectivity index (χ0v) is 20.4. The van der Waals surface area contributed by atoms with E-state index in [9.17, 15) is 9.59 Å². The molecule has 0 heterocycles. The van der Waals surface area contributed by atoms with Crippen LogP contribution in [-0.2, 0) is 9.59 Å². The van der Waals surface area contributed by atoms with Gasteiger partial charge in [-0.15, -0.1) is 0 Å². The molecule has 0 aliphatic carbocycles. The van der Waals surface area contributed by atoms with Crippen molar-refractivity contribution in [1.82, 2.24) is 0 Å². The fourth-order valence-electron chi connectivity index (χ4n) is 2.83. The van der Waals surface area contributed by atoms with Gasteiger partial charge in [0, 0.05) is 11.8 Å². The van der Waals surface area contributed by atoms with E-state index in [-0.39, 0.29) is 27.9 Å². The Hall–Kier alpha value is -3.04. The number of ketones is 1. The zero-order chi connectivity index (χ0) is 24.5. The van der Waals surface area contributed by atoms with Gasteiger partial charge in [0.25, 0.3) is 5.91 Å². The van der Waals surface area contributed by atoms with E-state index in [1.807, 2.05) is 6.92 Å². The Morgan fingerprint density at radius 2 is 1.70 bits per heavy atom. The number of hydrogen-bond acceptors (Lipinski definition) is 8. The number of carbonyl (C=O) groups is 2. The van der Waals surface area contributed by atoms with Crippen LogP contribution in [0.5, 0.6) is 23.0 Å². The third-order valence-corrected chi connectivity index (χ3v) is 5.02. The van der Waals surface area contributed by atoms with Crippen molar-refractivity contribution in [1.29, 1.82) is 0 Å². The number of ether oxygens (including phenoxy) is 4. The number of Topliss-reactive ketones (excluding diaryl/α,β-unsaturated/α-hetero) is 1. The van der Waals surface area contributed by atoms with Crippen molar-refractivity contribution < 1.29 is 28.5 Å². The average Bonchev–Trinajstić information content (AvgIpc) is 2.80. The number of nitrogens with zero attached hydrogens (tertiary/aromatic N) is 3. The van der Waals surface area contributed by atoms with Gasteiger partial charge < -0.3 is 18.9 Å². The molecule has 178 valence electrons. The third kappa shape index (κ3) is 6.06. The number of amides is 1. The summed E-state index contributed by atoms with van der Waals surface area (Å²) in [6, 6.07) is 6.49. The van der Waals surface area contributed by atoms with E-state index in [2.05, 4.69) is 10.2 Å². The van der Waals surface area contributed by atoms with Crippen LogP contribution in [0.3, 0.4) is 0 Å². The summed E-state index contributed by atoms with van der Waals surface area (Å²) in [4.78, 5) is 25.4. The Kier molecular flexibility index (Phi) is 9.74. The molecule has 0 saturated carbocycles. The highest BCUT2D eigenvalue weighted by Gasteiger charge is 2.31. The number of methoxy groups -OCH3 is 2. The standard InChI is InChI=1S/C22H25Cl2N3O6/c1-6-32-17-10-8-9-15(21(17)33-7-2)27(24)22(29)19(13(3)28)26-25-14-11-12-16(30-4)18(23)20(14)31-5/h8-12,19H,6-7H2,1-5H3. The molecule has 0 aliphatic heterocycles. The quantitative estimate of drug-likeness (QED) is 0.234. The molecule has 33 heavy (non-hydrogen) atoms. The zero-order valence-electron chi connectivity index (χ0n) is 18.9. The Balaban J connectivity index is 2.42. The third-order valence-electron chi connectivity index (χ3n) is 4.32. The van der Waals surface area contributed by atoms with Crippen LogP contribution in [0, 0.1) is 0 Å². The first-order chi connectivity index (χ1) is 15.8. The smallest absolute Gasteiger partial charge is 0.276 e. The summed E-state index contributed by atoms with van der Waals surface area (Å²) in [6.07, 6.45) is 0. The van der Waals surface area contributed by atoms with Gasteiger partial charge in [0.15, 0.2) is 23.0 Å². The van der Waals surface area contributed by atoms with Gasteiger partial charge in [-0.3, -0.25) is 9.59 Å². The second-order valence-corrected chi connectivity index (χ2v) is 7.17. The Morgan fingerprint density at radius 3 is 2.27 bits per heavy atom. The minimum atomic E-state index is -1.52. The predicted molar refractivity (Wildman–Crippen MR) is 126 cm³/mol. The molecule has 1 unspecified atom stereocenters. The lowest BCUT2D eigenvalue weighted by Crippen LogP contribution is -2.36.